The maximum Gasteiger partial charge on any atom is 0.358 e. The van der Waals surface area contributed by atoms with Gasteiger partial charge in [-0.05, 0) is 88.2 Å². The molecule has 0 atom stereocenters. The fraction of sp³-hybridized carbons (Fsp3) is 0.0882. The Bertz CT molecular complexity index is 1740. The van der Waals surface area contributed by atoms with Gasteiger partial charge in [-0.2, -0.15) is 0 Å². The average molecular weight is 671 g/mol. The number of aromatic nitrogens is 1. The van der Waals surface area contributed by atoms with Gasteiger partial charge in [0, 0.05) is 14.7 Å². The van der Waals surface area contributed by atoms with Gasteiger partial charge in [0.1, 0.15) is 30.4 Å². The van der Waals surface area contributed by atoms with Crippen LogP contribution in [0.5, 0.6) is 5.75 Å². The number of oxime groups is 1. The SMILES string of the molecule is C=C(c1cccc(C(=NOCc2ccc(OCc3nc(-c4ccccc4)oc3C)cc2)C(=O)O)c1)c1ccccc1I. The minimum atomic E-state index is -1.19. The third-order valence-electron chi connectivity index (χ3n) is 6.49. The van der Waals surface area contributed by atoms with Crippen molar-refractivity contribution in [2.45, 2.75) is 20.1 Å². The molecule has 4 aromatic carbocycles. The quantitative estimate of drug-likeness (QED) is 0.0873. The molecule has 1 N–H and O–H groups in total. The van der Waals surface area contributed by atoms with Crippen molar-refractivity contribution in [1.82, 2.24) is 4.98 Å². The molecule has 0 amide bonds. The van der Waals surface area contributed by atoms with E-state index in [1.54, 1.807) is 18.2 Å². The highest BCUT2D eigenvalue weighted by atomic mass is 127. The molecule has 0 bridgehead atoms. The van der Waals surface area contributed by atoms with Crippen LogP contribution in [0.1, 0.15) is 33.7 Å². The third kappa shape index (κ3) is 6.95. The Labute approximate surface area is 257 Å². The Morgan fingerprint density at radius 3 is 2.38 bits per heavy atom. The van der Waals surface area contributed by atoms with E-state index in [1.165, 1.54) is 0 Å². The predicted octanol–water partition coefficient (Wildman–Crippen LogP) is 7.90. The lowest BCUT2D eigenvalue weighted by atomic mass is 9.97. The fourth-order valence-electron chi connectivity index (χ4n) is 4.20. The molecule has 0 fully saturated rings. The lowest BCUT2D eigenvalue weighted by Gasteiger charge is -2.10. The van der Waals surface area contributed by atoms with Gasteiger partial charge in [0.2, 0.25) is 5.89 Å². The largest absolute Gasteiger partial charge is 0.487 e. The molecule has 7 nitrogen and oxygen atoms in total. The van der Waals surface area contributed by atoms with Crippen molar-refractivity contribution in [3.05, 3.63) is 147 Å². The van der Waals surface area contributed by atoms with E-state index in [0.717, 1.165) is 37.1 Å². The van der Waals surface area contributed by atoms with E-state index in [9.17, 15) is 9.90 Å². The fourth-order valence-corrected chi connectivity index (χ4v) is 4.91. The number of oxazole rings is 1. The molecular formula is C34H27IN2O5. The summed E-state index contributed by atoms with van der Waals surface area (Å²) in [5, 5.41) is 13.8. The molecule has 0 saturated heterocycles. The summed E-state index contributed by atoms with van der Waals surface area (Å²) >= 11 is 2.26. The highest BCUT2D eigenvalue weighted by Crippen LogP contribution is 2.27. The standard InChI is InChI=1S/C34H27IN2O5/c1-22(29-13-6-7-14-30(29)35)26-11-8-12-27(19-26)32(34(38)39)37-41-20-24-15-17-28(18-16-24)40-21-31-23(2)42-33(36-31)25-9-4-3-5-10-25/h3-19H,1,20-21H2,2H3,(H,38,39). The topological polar surface area (TPSA) is 94.2 Å². The zero-order chi connectivity index (χ0) is 29.5. The van der Waals surface area contributed by atoms with Gasteiger partial charge >= 0.3 is 5.97 Å². The highest BCUT2D eigenvalue weighted by molar-refractivity contribution is 14.1. The van der Waals surface area contributed by atoms with Crippen LogP contribution in [0.4, 0.5) is 0 Å². The van der Waals surface area contributed by atoms with E-state index in [2.05, 4.69) is 39.3 Å². The molecule has 0 unspecified atom stereocenters. The number of aliphatic carboxylic acids is 1. The van der Waals surface area contributed by atoms with Gasteiger partial charge in [0.15, 0.2) is 5.71 Å². The zero-order valence-corrected chi connectivity index (χ0v) is 24.9. The predicted molar refractivity (Wildman–Crippen MR) is 170 cm³/mol. The van der Waals surface area contributed by atoms with E-state index in [0.29, 0.717) is 23.0 Å². The van der Waals surface area contributed by atoms with Crippen molar-refractivity contribution in [2.24, 2.45) is 5.16 Å². The molecule has 0 saturated carbocycles. The van der Waals surface area contributed by atoms with Crippen molar-refractivity contribution < 1.29 is 23.9 Å². The first kappa shape index (κ1) is 28.8. The molecule has 0 aliphatic heterocycles. The second kappa shape index (κ2) is 13.3. The monoisotopic (exact) mass is 670 g/mol. The number of aryl methyl sites for hydroxylation is 1. The molecule has 0 aliphatic carbocycles. The van der Waals surface area contributed by atoms with E-state index in [4.69, 9.17) is 14.0 Å². The Balaban J connectivity index is 1.20. The van der Waals surface area contributed by atoms with Crippen LogP contribution in [0.3, 0.4) is 0 Å². The third-order valence-corrected chi connectivity index (χ3v) is 7.43. The smallest absolute Gasteiger partial charge is 0.358 e. The first-order valence-electron chi connectivity index (χ1n) is 13.1. The van der Waals surface area contributed by atoms with Crippen LogP contribution in [0, 0.1) is 10.5 Å². The minimum absolute atomic E-state index is 0.0918. The Hall–Kier alpha value is -4.70. The molecule has 0 aliphatic rings. The van der Waals surface area contributed by atoms with Crippen molar-refractivity contribution in [2.75, 3.05) is 0 Å². The lowest BCUT2D eigenvalue weighted by molar-refractivity contribution is -0.129. The summed E-state index contributed by atoms with van der Waals surface area (Å²) in [5.74, 6) is 0.732. The molecular weight excluding hydrogens is 643 g/mol. The Morgan fingerprint density at radius 1 is 0.929 bits per heavy atom. The molecule has 1 aromatic heterocycles. The summed E-state index contributed by atoms with van der Waals surface area (Å²) in [7, 11) is 0. The van der Waals surface area contributed by atoms with Crippen LogP contribution in [-0.4, -0.2) is 21.8 Å². The van der Waals surface area contributed by atoms with Gasteiger partial charge in [0.05, 0.1) is 0 Å². The minimum Gasteiger partial charge on any atom is -0.487 e. The maximum atomic E-state index is 12.0. The highest BCUT2D eigenvalue weighted by Gasteiger charge is 2.16. The van der Waals surface area contributed by atoms with E-state index >= 15 is 0 Å². The summed E-state index contributed by atoms with van der Waals surface area (Å²) in [6.07, 6.45) is 0. The number of carbonyl (C=O) groups is 1. The van der Waals surface area contributed by atoms with Crippen LogP contribution < -0.4 is 4.74 Å². The van der Waals surface area contributed by atoms with Crippen molar-refractivity contribution in [3.63, 3.8) is 0 Å². The van der Waals surface area contributed by atoms with Crippen molar-refractivity contribution in [1.29, 1.82) is 0 Å². The number of carboxylic acids is 1. The van der Waals surface area contributed by atoms with E-state index in [1.807, 2.05) is 91.9 Å². The second-order valence-corrected chi connectivity index (χ2v) is 10.5. The van der Waals surface area contributed by atoms with Gasteiger partial charge in [-0.1, -0.05) is 78.5 Å². The molecule has 0 radical (unpaired) electrons. The summed E-state index contributed by atoms with van der Waals surface area (Å²) in [4.78, 5) is 22.0. The first-order valence-corrected chi connectivity index (χ1v) is 14.2. The maximum absolute atomic E-state index is 12.0. The summed E-state index contributed by atoms with van der Waals surface area (Å²) < 4.78 is 12.8. The van der Waals surface area contributed by atoms with E-state index < -0.39 is 5.97 Å². The van der Waals surface area contributed by atoms with Gasteiger partial charge in [-0.3, -0.25) is 0 Å². The van der Waals surface area contributed by atoms with Crippen LogP contribution in [0.25, 0.3) is 17.0 Å². The molecule has 0 spiro atoms. The number of benzene rings is 4. The lowest BCUT2D eigenvalue weighted by Crippen LogP contribution is -2.15. The average Bonchev–Trinajstić information content (AvgIpc) is 3.39. The first-order chi connectivity index (χ1) is 20.4. The van der Waals surface area contributed by atoms with Crippen LogP contribution in [0.15, 0.2) is 119 Å². The molecule has 8 heteroatoms. The normalized spacial score (nSPS) is 11.2. The molecule has 5 aromatic rings. The second-order valence-electron chi connectivity index (χ2n) is 9.38. The summed E-state index contributed by atoms with van der Waals surface area (Å²) in [6, 6.07) is 32.0. The van der Waals surface area contributed by atoms with Crippen LogP contribution >= 0.6 is 22.6 Å². The Kier molecular flexibility index (Phi) is 9.13. The number of halogens is 1. The van der Waals surface area contributed by atoms with Crippen LogP contribution in [0.2, 0.25) is 0 Å². The molecule has 5 rings (SSSR count). The van der Waals surface area contributed by atoms with Gasteiger partial charge < -0.3 is 19.1 Å². The molecule has 42 heavy (non-hydrogen) atoms. The zero-order valence-electron chi connectivity index (χ0n) is 22.8. The number of rotatable bonds is 11. The summed E-state index contributed by atoms with van der Waals surface area (Å²) in [6.45, 7) is 6.43. The van der Waals surface area contributed by atoms with Crippen LogP contribution in [-0.2, 0) is 22.8 Å². The number of nitrogens with zero attached hydrogens (tertiary/aromatic N) is 2. The number of hydrogen-bond donors (Lipinski definition) is 1. The summed E-state index contributed by atoms with van der Waals surface area (Å²) in [5.41, 5.74) is 5.26. The number of carboxylic acid groups (broad SMARTS) is 1. The van der Waals surface area contributed by atoms with Gasteiger partial charge in [-0.25, -0.2) is 9.78 Å². The van der Waals surface area contributed by atoms with E-state index in [-0.39, 0.29) is 18.9 Å². The van der Waals surface area contributed by atoms with Gasteiger partial charge in [-0.15, -0.1) is 0 Å². The molecule has 1 heterocycles. The van der Waals surface area contributed by atoms with Gasteiger partial charge in [0.25, 0.3) is 0 Å². The molecule has 210 valence electrons. The van der Waals surface area contributed by atoms with Crippen molar-refractivity contribution >= 4 is 39.8 Å². The van der Waals surface area contributed by atoms with Crippen molar-refractivity contribution in [3.8, 4) is 17.2 Å². The number of hydrogen-bond acceptors (Lipinski definition) is 6. The number of ether oxygens (including phenoxy) is 1. The Morgan fingerprint density at radius 2 is 1.64 bits per heavy atom.